The van der Waals surface area contributed by atoms with Gasteiger partial charge in [-0.2, -0.15) is 0 Å². The standard InChI is InChI=1S/C13H24BrClN2/c14-12(7-9-16-10-4-5-10)13(6-8-15)17-11-2-1-3-11/h10-13,16-17H,1-9H2. The van der Waals surface area contributed by atoms with Crippen LogP contribution in [0, 0.1) is 0 Å². The fraction of sp³-hybridized carbons (Fsp3) is 1.00. The highest BCUT2D eigenvalue weighted by molar-refractivity contribution is 9.09. The Balaban J connectivity index is 1.64. The van der Waals surface area contributed by atoms with Crippen LogP contribution in [0.4, 0.5) is 0 Å². The smallest absolute Gasteiger partial charge is 0.0311 e. The molecule has 0 spiro atoms. The van der Waals surface area contributed by atoms with Crippen LogP contribution in [0.15, 0.2) is 0 Å². The maximum Gasteiger partial charge on any atom is 0.0311 e. The molecule has 0 saturated heterocycles. The largest absolute Gasteiger partial charge is 0.314 e. The minimum Gasteiger partial charge on any atom is -0.314 e. The lowest BCUT2D eigenvalue weighted by Crippen LogP contribution is -2.47. The molecule has 2 rings (SSSR count). The third-order valence-corrected chi connectivity index (χ3v) is 5.16. The average Bonchev–Trinajstić information content (AvgIpc) is 3.05. The molecule has 2 unspecified atom stereocenters. The zero-order chi connectivity index (χ0) is 12.1. The second-order valence-corrected chi connectivity index (χ2v) is 6.97. The molecule has 0 heterocycles. The molecule has 2 saturated carbocycles. The molecule has 0 aromatic carbocycles. The molecular weight excluding hydrogens is 300 g/mol. The Bertz CT molecular complexity index is 219. The molecule has 2 aliphatic rings. The van der Waals surface area contributed by atoms with E-state index in [0.29, 0.717) is 10.9 Å². The van der Waals surface area contributed by atoms with Gasteiger partial charge in [0.15, 0.2) is 0 Å². The van der Waals surface area contributed by atoms with Crippen molar-refractivity contribution in [1.29, 1.82) is 0 Å². The van der Waals surface area contributed by atoms with Crippen LogP contribution < -0.4 is 10.6 Å². The van der Waals surface area contributed by atoms with E-state index >= 15 is 0 Å². The summed E-state index contributed by atoms with van der Waals surface area (Å²) in [5, 5.41) is 7.32. The third-order valence-electron chi connectivity index (χ3n) is 3.84. The molecule has 2 atom stereocenters. The first-order chi connectivity index (χ1) is 8.29. The van der Waals surface area contributed by atoms with Gasteiger partial charge in [0.05, 0.1) is 0 Å². The van der Waals surface area contributed by atoms with Gasteiger partial charge in [-0.25, -0.2) is 0 Å². The SMILES string of the molecule is ClCCC(NC1CCC1)C(Br)CCNC1CC1. The first-order valence-corrected chi connectivity index (χ1v) is 8.44. The zero-order valence-electron chi connectivity index (χ0n) is 10.4. The maximum absolute atomic E-state index is 5.90. The van der Waals surface area contributed by atoms with Crippen LogP contribution in [-0.2, 0) is 0 Å². The molecule has 0 aliphatic heterocycles. The summed E-state index contributed by atoms with van der Waals surface area (Å²) >= 11 is 9.74. The van der Waals surface area contributed by atoms with Crippen LogP contribution in [0.25, 0.3) is 0 Å². The van der Waals surface area contributed by atoms with Crippen molar-refractivity contribution in [1.82, 2.24) is 10.6 Å². The van der Waals surface area contributed by atoms with Crippen LogP contribution in [0.3, 0.4) is 0 Å². The van der Waals surface area contributed by atoms with Crippen molar-refractivity contribution in [3.05, 3.63) is 0 Å². The Hall–Kier alpha value is 0.690. The topological polar surface area (TPSA) is 24.1 Å². The average molecular weight is 324 g/mol. The van der Waals surface area contributed by atoms with Crippen molar-refractivity contribution in [2.24, 2.45) is 0 Å². The number of halogens is 2. The third kappa shape index (κ3) is 5.06. The molecule has 0 bridgehead atoms. The molecule has 2 nitrogen and oxygen atoms in total. The fourth-order valence-corrected chi connectivity index (χ4v) is 3.16. The predicted molar refractivity (Wildman–Crippen MR) is 78.3 cm³/mol. The molecule has 17 heavy (non-hydrogen) atoms. The van der Waals surface area contributed by atoms with Gasteiger partial charge in [-0.15, -0.1) is 11.6 Å². The Morgan fingerprint density at radius 2 is 1.88 bits per heavy atom. The predicted octanol–water partition coefficient (Wildman–Crippen LogP) is 3.03. The lowest BCUT2D eigenvalue weighted by atomic mass is 9.91. The summed E-state index contributed by atoms with van der Waals surface area (Å²) in [5.74, 6) is 0.753. The van der Waals surface area contributed by atoms with Gasteiger partial charge in [0, 0.05) is 28.8 Å². The molecule has 100 valence electrons. The summed E-state index contributed by atoms with van der Waals surface area (Å²) in [6.45, 7) is 1.13. The van der Waals surface area contributed by atoms with Crippen molar-refractivity contribution in [3.8, 4) is 0 Å². The maximum atomic E-state index is 5.90. The van der Waals surface area contributed by atoms with E-state index in [4.69, 9.17) is 11.6 Å². The zero-order valence-corrected chi connectivity index (χ0v) is 12.8. The van der Waals surface area contributed by atoms with Crippen LogP contribution in [0.5, 0.6) is 0 Å². The molecule has 4 heteroatoms. The first-order valence-electron chi connectivity index (χ1n) is 6.99. The molecule has 0 radical (unpaired) electrons. The highest BCUT2D eigenvalue weighted by atomic mass is 79.9. The first kappa shape index (κ1) is 14.1. The number of nitrogens with one attached hydrogen (secondary N) is 2. The van der Waals surface area contributed by atoms with Crippen LogP contribution in [0.1, 0.15) is 44.9 Å². The van der Waals surface area contributed by atoms with Crippen molar-refractivity contribution in [2.45, 2.75) is 67.9 Å². The van der Waals surface area contributed by atoms with Gasteiger partial charge in [0.25, 0.3) is 0 Å². The van der Waals surface area contributed by atoms with Gasteiger partial charge in [0.2, 0.25) is 0 Å². The van der Waals surface area contributed by atoms with Gasteiger partial charge >= 0.3 is 0 Å². The van der Waals surface area contributed by atoms with Crippen molar-refractivity contribution in [2.75, 3.05) is 12.4 Å². The van der Waals surface area contributed by atoms with E-state index in [1.165, 1.54) is 38.5 Å². The van der Waals surface area contributed by atoms with E-state index in [9.17, 15) is 0 Å². The second-order valence-electron chi connectivity index (χ2n) is 5.41. The summed E-state index contributed by atoms with van der Waals surface area (Å²) in [5.41, 5.74) is 0. The summed E-state index contributed by atoms with van der Waals surface area (Å²) < 4.78 is 0. The highest BCUT2D eigenvalue weighted by Gasteiger charge is 2.26. The van der Waals surface area contributed by atoms with Gasteiger partial charge < -0.3 is 10.6 Å². The minimum atomic E-state index is 0.541. The summed E-state index contributed by atoms with van der Waals surface area (Å²) in [7, 11) is 0. The van der Waals surface area contributed by atoms with Crippen LogP contribution in [0.2, 0.25) is 0 Å². The van der Waals surface area contributed by atoms with Gasteiger partial charge in [-0.05, 0) is 45.1 Å². The monoisotopic (exact) mass is 322 g/mol. The van der Waals surface area contributed by atoms with Gasteiger partial charge in [-0.1, -0.05) is 22.4 Å². The van der Waals surface area contributed by atoms with Gasteiger partial charge in [-0.3, -0.25) is 0 Å². The van der Waals surface area contributed by atoms with E-state index < -0.39 is 0 Å². The number of hydrogen-bond donors (Lipinski definition) is 2. The Morgan fingerprint density at radius 3 is 2.41 bits per heavy atom. The fourth-order valence-electron chi connectivity index (χ4n) is 2.28. The molecule has 2 aliphatic carbocycles. The number of rotatable bonds is 9. The van der Waals surface area contributed by atoms with Crippen LogP contribution >= 0.6 is 27.5 Å². The second kappa shape index (κ2) is 7.32. The van der Waals surface area contributed by atoms with Crippen molar-refractivity contribution >= 4 is 27.5 Å². The van der Waals surface area contributed by atoms with E-state index in [1.54, 1.807) is 0 Å². The van der Waals surface area contributed by atoms with Crippen LogP contribution in [-0.4, -0.2) is 35.4 Å². The number of hydrogen-bond acceptors (Lipinski definition) is 2. The summed E-state index contributed by atoms with van der Waals surface area (Å²) in [6, 6.07) is 2.11. The Morgan fingerprint density at radius 1 is 1.12 bits per heavy atom. The quantitative estimate of drug-likeness (QED) is 0.637. The molecule has 2 N–H and O–H groups in total. The van der Waals surface area contributed by atoms with Crippen molar-refractivity contribution < 1.29 is 0 Å². The molecule has 0 aromatic rings. The summed E-state index contributed by atoms with van der Waals surface area (Å²) in [6.07, 6.45) is 9.09. The highest BCUT2D eigenvalue weighted by Crippen LogP contribution is 2.23. The van der Waals surface area contributed by atoms with Gasteiger partial charge in [0.1, 0.15) is 0 Å². The Kier molecular flexibility index (Phi) is 6.07. The Labute approximate surface area is 118 Å². The molecule has 0 amide bonds. The lowest BCUT2D eigenvalue weighted by Gasteiger charge is -2.33. The molecule has 2 fully saturated rings. The van der Waals surface area contributed by atoms with Crippen molar-refractivity contribution in [3.63, 3.8) is 0 Å². The summed E-state index contributed by atoms with van der Waals surface area (Å²) in [4.78, 5) is 0.549. The number of alkyl halides is 2. The minimum absolute atomic E-state index is 0.541. The lowest BCUT2D eigenvalue weighted by molar-refractivity contribution is 0.294. The molecular formula is C13H24BrClN2. The van der Waals surface area contributed by atoms with E-state index in [-0.39, 0.29) is 0 Å². The van der Waals surface area contributed by atoms with E-state index in [2.05, 4.69) is 26.6 Å². The normalized spacial score (nSPS) is 24.4. The van der Waals surface area contributed by atoms with E-state index in [1.807, 2.05) is 0 Å². The van der Waals surface area contributed by atoms with E-state index in [0.717, 1.165) is 30.9 Å². The molecule has 0 aromatic heterocycles.